The molecule has 0 aliphatic heterocycles. The molecule has 6 nitrogen and oxygen atoms in total. The van der Waals surface area contributed by atoms with E-state index in [-0.39, 0.29) is 23.6 Å². The summed E-state index contributed by atoms with van der Waals surface area (Å²) in [5.41, 5.74) is 1.70. The smallest absolute Gasteiger partial charge is 0.306 e. The SMILES string of the molecule is CCOc1cc(C2CCC(COc3cc([C@H](C)CC(=O)OC)ccn3)CC2)c(F)cn1. The molecule has 168 valence electrons. The number of aromatic nitrogens is 2. The molecule has 0 amide bonds. The molecule has 1 atom stereocenters. The first-order valence-electron chi connectivity index (χ1n) is 10.9. The Morgan fingerprint density at radius 3 is 2.61 bits per heavy atom. The van der Waals surface area contributed by atoms with Crippen molar-refractivity contribution in [2.24, 2.45) is 5.92 Å². The van der Waals surface area contributed by atoms with Crippen LogP contribution in [0.2, 0.25) is 0 Å². The van der Waals surface area contributed by atoms with Crippen molar-refractivity contribution in [1.82, 2.24) is 9.97 Å². The minimum absolute atomic E-state index is 0.0325. The number of esters is 1. The Labute approximate surface area is 183 Å². The van der Waals surface area contributed by atoms with Crippen molar-refractivity contribution in [2.45, 2.75) is 57.8 Å². The highest BCUT2D eigenvalue weighted by Gasteiger charge is 2.25. The predicted octanol–water partition coefficient (Wildman–Crippen LogP) is 5.03. The fraction of sp³-hybridized carbons (Fsp3) is 0.542. The number of rotatable bonds is 9. The molecule has 2 heterocycles. The van der Waals surface area contributed by atoms with Crippen LogP contribution in [-0.4, -0.2) is 36.3 Å². The quantitative estimate of drug-likeness (QED) is 0.520. The van der Waals surface area contributed by atoms with Crippen molar-refractivity contribution < 1.29 is 23.4 Å². The topological polar surface area (TPSA) is 70.5 Å². The Bertz CT molecular complexity index is 868. The largest absolute Gasteiger partial charge is 0.478 e. The lowest BCUT2D eigenvalue weighted by Gasteiger charge is -2.29. The van der Waals surface area contributed by atoms with Crippen LogP contribution in [0.25, 0.3) is 0 Å². The number of carbonyl (C=O) groups excluding carboxylic acids is 1. The average Bonchev–Trinajstić information content (AvgIpc) is 2.79. The minimum Gasteiger partial charge on any atom is -0.478 e. The maximum Gasteiger partial charge on any atom is 0.306 e. The monoisotopic (exact) mass is 430 g/mol. The van der Waals surface area contributed by atoms with Gasteiger partial charge >= 0.3 is 5.97 Å². The number of hydrogen-bond donors (Lipinski definition) is 0. The van der Waals surface area contributed by atoms with Gasteiger partial charge in [-0.3, -0.25) is 4.79 Å². The van der Waals surface area contributed by atoms with E-state index in [1.54, 1.807) is 12.3 Å². The predicted molar refractivity (Wildman–Crippen MR) is 115 cm³/mol. The lowest BCUT2D eigenvalue weighted by atomic mass is 9.79. The van der Waals surface area contributed by atoms with Crippen LogP contribution in [0.4, 0.5) is 4.39 Å². The van der Waals surface area contributed by atoms with Gasteiger partial charge in [-0.25, -0.2) is 14.4 Å². The van der Waals surface area contributed by atoms with Crippen LogP contribution < -0.4 is 9.47 Å². The van der Waals surface area contributed by atoms with Crippen LogP contribution in [0.5, 0.6) is 11.8 Å². The van der Waals surface area contributed by atoms with Crippen molar-refractivity contribution in [3.05, 3.63) is 47.5 Å². The lowest BCUT2D eigenvalue weighted by molar-refractivity contribution is -0.140. The van der Waals surface area contributed by atoms with Crippen LogP contribution in [0.1, 0.15) is 68.9 Å². The van der Waals surface area contributed by atoms with Crippen molar-refractivity contribution in [1.29, 1.82) is 0 Å². The zero-order valence-electron chi connectivity index (χ0n) is 18.5. The fourth-order valence-electron chi connectivity index (χ4n) is 4.08. The third-order valence-corrected chi connectivity index (χ3v) is 5.93. The van der Waals surface area contributed by atoms with Gasteiger partial charge in [-0.2, -0.15) is 0 Å². The molecule has 0 radical (unpaired) electrons. The molecule has 0 spiro atoms. The molecule has 2 aromatic heterocycles. The number of halogens is 1. The van der Waals surface area contributed by atoms with Gasteiger partial charge in [-0.05, 0) is 67.6 Å². The van der Waals surface area contributed by atoms with Crippen LogP contribution in [0.3, 0.4) is 0 Å². The fourth-order valence-corrected chi connectivity index (χ4v) is 4.08. The van der Waals surface area contributed by atoms with E-state index in [2.05, 4.69) is 9.97 Å². The molecule has 0 unspecified atom stereocenters. The molecule has 3 rings (SSSR count). The molecule has 7 heteroatoms. The zero-order valence-corrected chi connectivity index (χ0v) is 18.5. The van der Waals surface area contributed by atoms with Crippen LogP contribution in [-0.2, 0) is 9.53 Å². The molecular weight excluding hydrogens is 399 g/mol. The van der Waals surface area contributed by atoms with Gasteiger partial charge in [0, 0.05) is 18.3 Å². The van der Waals surface area contributed by atoms with Gasteiger partial charge < -0.3 is 14.2 Å². The second-order valence-electron chi connectivity index (χ2n) is 8.11. The highest BCUT2D eigenvalue weighted by molar-refractivity contribution is 5.70. The van der Waals surface area contributed by atoms with Gasteiger partial charge in [0.15, 0.2) is 0 Å². The number of ether oxygens (including phenoxy) is 3. The van der Waals surface area contributed by atoms with Crippen LogP contribution in [0, 0.1) is 11.7 Å². The number of hydrogen-bond acceptors (Lipinski definition) is 6. The Morgan fingerprint density at radius 2 is 1.90 bits per heavy atom. The second kappa shape index (κ2) is 11.1. The summed E-state index contributed by atoms with van der Waals surface area (Å²) in [4.78, 5) is 19.8. The van der Waals surface area contributed by atoms with Crippen molar-refractivity contribution in [3.8, 4) is 11.8 Å². The van der Waals surface area contributed by atoms with Gasteiger partial charge in [-0.1, -0.05) is 6.92 Å². The van der Waals surface area contributed by atoms with E-state index in [4.69, 9.17) is 14.2 Å². The van der Waals surface area contributed by atoms with E-state index >= 15 is 0 Å². The molecule has 1 saturated carbocycles. The van der Waals surface area contributed by atoms with Gasteiger partial charge in [0.05, 0.1) is 32.9 Å². The summed E-state index contributed by atoms with van der Waals surface area (Å²) in [5.74, 6) is 1.18. The van der Waals surface area contributed by atoms with Crippen molar-refractivity contribution in [2.75, 3.05) is 20.3 Å². The first kappa shape index (κ1) is 23.0. The Balaban J connectivity index is 1.51. The molecule has 2 aromatic rings. The molecule has 0 saturated heterocycles. The van der Waals surface area contributed by atoms with E-state index in [0.29, 0.717) is 42.9 Å². The summed E-state index contributed by atoms with van der Waals surface area (Å²) in [7, 11) is 1.39. The van der Waals surface area contributed by atoms with Crippen LogP contribution >= 0.6 is 0 Å². The molecule has 31 heavy (non-hydrogen) atoms. The second-order valence-corrected chi connectivity index (χ2v) is 8.11. The summed E-state index contributed by atoms with van der Waals surface area (Å²) >= 11 is 0. The number of methoxy groups -OCH3 is 1. The third-order valence-electron chi connectivity index (χ3n) is 5.93. The summed E-state index contributed by atoms with van der Waals surface area (Å²) in [6, 6.07) is 5.53. The first-order chi connectivity index (χ1) is 15.0. The van der Waals surface area contributed by atoms with Gasteiger partial charge in [0.25, 0.3) is 0 Å². The number of nitrogens with zero attached hydrogens (tertiary/aromatic N) is 2. The Kier molecular flexibility index (Phi) is 8.20. The van der Waals surface area contributed by atoms with Gasteiger partial charge in [0.1, 0.15) is 5.82 Å². The van der Waals surface area contributed by atoms with E-state index in [1.165, 1.54) is 13.3 Å². The Hall–Kier alpha value is -2.70. The Morgan fingerprint density at radius 1 is 1.16 bits per heavy atom. The minimum atomic E-state index is -0.259. The maximum atomic E-state index is 14.3. The highest BCUT2D eigenvalue weighted by atomic mass is 19.1. The van der Waals surface area contributed by atoms with Crippen molar-refractivity contribution >= 4 is 5.97 Å². The maximum absolute atomic E-state index is 14.3. The van der Waals surface area contributed by atoms with E-state index in [0.717, 1.165) is 31.2 Å². The van der Waals surface area contributed by atoms with Gasteiger partial charge in [0.2, 0.25) is 11.8 Å². The summed E-state index contributed by atoms with van der Waals surface area (Å²) in [6.45, 7) is 4.96. The normalized spacial score (nSPS) is 19.5. The molecule has 1 aliphatic carbocycles. The summed E-state index contributed by atoms with van der Waals surface area (Å²) < 4.78 is 30.4. The van der Waals surface area contributed by atoms with Crippen LogP contribution in [0.15, 0.2) is 30.6 Å². The van der Waals surface area contributed by atoms with E-state index < -0.39 is 0 Å². The first-order valence-corrected chi connectivity index (χ1v) is 10.9. The summed E-state index contributed by atoms with van der Waals surface area (Å²) in [5, 5.41) is 0. The van der Waals surface area contributed by atoms with Gasteiger partial charge in [-0.15, -0.1) is 0 Å². The average molecular weight is 431 g/mol. The third kappa shape index (κ3) is 6.39. The molecular formula is C24H31FN2O4. The van der Waals surface area contributed by atoms with E-state index in [9.17, 15) is 9.18 Å². The molecule has 1 fully saturated rings. The summed E-state index contributed by atoms with van der Waals surface area (Å²) in [6.07, 6.45) is 7.03. The molecule has 0 N–H and O–H groups in total. The molecule has 0 aromatic carbocycles. The number of carbonyl (C=O) groups is 1. The molecule has 1 aliphatic rings. The van der Waals surface area contributed by atoms with Crippen molar-refractivity contribution in [3.63, 3.8) is 0 Å². The molecule has 0 bridgehead atoms. The number of pyridine rings is 2. The van der Waals surface area contributed by atoms with E-state index in [1.807, 2.05) is 26.0 Å². The zero-order chi connectivity index (χ0) is 22.2. The standard InChI is InChI=1S/C24H31FN2O4/c1-4-30-23-13-20(21(25)14-27-23)18-7-5-17(6-8-18)15-31-22-12-19(9-10-26-22)16(2)11-24(28)29-3/h9-10,12-14,16-18H,4-8,11,15H2,1-3H3/t16-,17?,18?/m1/s1. The highest BCUT2D eigenvalue weighted by Crippen LogP contribution is 2.37. The lowest BCUT2D eigenvalue weighted by Crippen LogP contribution is -2.20.